The molecule has 43 heavy (non-hydrogen) atoms. The van der Waals surface area contributed by atoms with E-state index in [1.54, 1.807) is 0 Å². The molecule has 0 aromatic carbocycles. The van der Waals surface area contributed by atoms with E-state index in [1.807, 2.05) is 30.0 Å². The van der Waals surface area contributed by atoms with E-state index in [2.05, 4.69) is 74.3 Å². The third-order valence-electron chi connectivity index (χ3n) is 9.89. The summed E-state index contributed by atoms with van der Waals surface area (Å²) in [4.78, 5) is 26.2. The van der Waals surface area contributed by atoms with Crippen molar-refractivity contribution in [1.29, 1.82) is 0 Å². The average Bonchev–Trinajstić information content (AvgIpc) is 3.58. The Morgan fingerprint density at radius 3 is 2.67 bits per heavy atom. The number of aromatic nitrogens is 5. The maximum Gasteiger partial charge on any atom is 0.225 e. The molecule has 0 radical (unpaired) electrons. The number of piperidine rings is 1. The minimum absolute atomic E-state index is 0.0129. The van der Waals surface area contributed by atoms with Gasteiger partial charge in [-0.25, -0.2) is 9.50 Å². The predicted molar refractivity (Wildman–Crippen MR) is 167 cm³/mol. The first-order valence-electron chi connectivity index (χ1n) is 15.9. The number of ether oxygens (including phenoxy) is 1. The molecule has 3 atom stereocenters. The molecular formula is C32H43N9O2. The zero-order chi connectivity index (χ0) is 29.7. The number of rotatable bonds is 6. The summed E-state index contributed by atoms with van der Waals surface area (Å²) in [5.74, 6) is 2.28. The van der Waals surface area contributed by atoms with Gasteiger partial charge in [0.15, 0.2) is 5.65 Å². The molecule has 0 saturated carbocycles. The molecule has 1 amide bonds. The lowest BCUT2D eigenvalue weighted by Crippen LogP contribution is -2.69. The molecule has 2 N–H and O–H groups in total. The SMILES string of the molecule is CCOc1cc(-c2ccc(N3CCC4(CC3)CN3CCN(CC)C(C3)C(C(C)C)C(=O)N4)nc2)c2c3cn[nH]c3nn2c1. The zero-order valence-corrected chi connectivity index (χ0v) is 25.7. The van der Waals surface area contributed by atoms with Gasteiger partial charge in [-0.05, 0) is 50.4 Å². The summed E-state index contributed by atoms with van der Waals surface area (Å²) >= 11 is 0. The number of aromatic amines is 1. The third-order valence-corrected chi connectivity index (χ3v) is 9.89. The molecule has 1 spiro atoms. The van der Waals surface area contributed by atoms with Crippen LogP contribution < -0.4 is 15.0 Å². The number of fused-ring (bicyclic) bond motifs is 5. The van der Waals surface area contributed by atoms with Crippen molar-refractivity contribution < 1.29 is 9.53 Å². The molecule has 3 aliphatic rings. The van der Waals surface area contributed by atoms with Crippen LogP contribution in [0.15, 0.2) is 36.8 Å². The molecule has 3 saturated heterocycles. The van der Waals surface area contributed by atoms with Crippen molar-refractivity contribution in [2.45, 2.75) is 52.1 Å². The molecular weight excluding hydrogens is 542 g/mol. The molecule has 11 nitrogen and oxygen atoms in total. The van der Waals surface area contributed by atoms with Crippen LogP contribution in [0.3, 0.4) is 0 Å². The Kier molecular flexibility index (Phi) is 7.25. The zero-order valence-electron chi connectivity index (χ0n) is 25.7. The summed E-state index contributed by atoms with van der Waals surface area (Å²) in [5, 5.41) is 16.4. The molecule has 7 heterocycles. The number of nitrogens with zero attached hydrogens (tertiary/aromatic N) is 7. The fraction of sp³-hybridized carbons (Fsp3) is 0.562. The molecule has 3 fully saturated rings. The van der Waals surface area contributed by atoms with Gasteiger partial charge in [0.25, 0.3) is 0 Å². The first-order chi connectivity index (χ1) is 20.9. The van der Waals surface area contributed by atoms with Gasteiger partial charge in [0.1, 0.15) is 11.6 Å². The van der Waals surface area contributed by atoms with E-state index >= 15 is 0 Å². The van der Waals surface area contributed by atoms with Crippen molar-refractivity contribution in [2.24, 2.45) is 11.8 Å². The first-order valence-corrected chi connectivity index (χ1v) is 15.9. The highest BCUT2D eigenvalue weighted by atomic mass is 16.5. The topological polar surface area (TPSA) is 107 Å². The van der Waals surface area contributed by atoms with Crippen LogP contribution in [-0.2, 0) is 4.79 Å². The molecule has 0 aliphatic carbocycles. The molecule has 4 aromatic heterocycles. The summed E-state index contributed by atoms with van der Waals surface area (Å²) in [5.41, 5.74) is 3.53. The summed E-state index contributed by atoms with van der Waals surface area (Å²) in [6, 6.07) is 6.59. The van der Waals surface area contributed by atoms with E-state index < -0.39 is 0 Å². The van der Waals surface area contributed by atoms with E-state index in [0.29, 0.717) is 18.6 Å². The van der Waals surface area contributed by atoms with Gasteiger partial charge in [-0.1, -0.05) is 20.8 Å². The van der Waals surface area contributed by atoms with Gasteiger partial charge in [-0.15, -0.1) is 5.10 Å². The number of carbonyl (C=O) groups excluding carboxylic acids is 1. The highest BCUT2D eigenvalue weighted by molar-refractivity contribution is 6.00. The van der Waals surface area contributed by atoms with Crippen LogP contribution in [-0.4, -0.2) is 105 Å². The van der Waals surface area contributed by atoms with E-state index in [0.717, 1.165) is 97.9 Å². The van der Waals surface area contributed by atoms with Gasteiger partial charge in [-0.2, -0.15) is 5.10 Å². The highest BCUT2D eigenvalue weighted by Crippen LogP contribution is 2.35. The lowest BCUT2D eigenvalue weighted by Gasteiger charge is -2.53. The number of amides is 1. The van der Waals surface area contributed by atoms with E-state index in [4.69, 9.17) is 9.72 Å². The van der Waals surface area contributed by atoms with Crippen molar-refractivity contribution >= 4 is 28.3 Å². The fourth-order valence-corrected chi connectivity index (χ4v) is 7.70. The summed E-state index contributed by atoms with van der Waals surface area (Å²) < 4.78 is 7.71. The molecule has 3 unspecified atom stereocenters. The van der Waals surface area contributed by atoms with Crippen LogP contribution in [0.2, 0.25) is 0 Å². The van der Waals surface area contributed by atoms with Crippen LogP contribution in [0.25, 0.3) is 27.7 Å². The Bertz CT molecular complexity index is 1600. The number of nitrogens with one attached hydrogen (secondary N) is 2. The summed E-state index contributed by atoms with van der Waals surface area (Å²) in [7, 11) is 0. The van der Waals surface area contributed by atoms with Crippen LogP contribution in [0.4, 0.5) is 5.82 Å². The smallest absolute Gasteiger partial charge is 0.225 e. The quantitative estimate of drug-likeness (QED) is 0.355. The maximum absolute atomic E-state index is 13.8. The largest absolute Gasteiger partial charge is 0.492 e. The van der Waals surface area contributed by atoms with Crippen LogP contribution in [0, 0.1) is 11.8 Å². The number of anilines is 1. The maximum atomic E-state index is 13.8. The third kappa shape index (κ3) is 5.02. The van der Waals surface area contributed by atoms with Crippen molar-refractivity contribution in [3.05, 3.63) is 36.8 Å². The lowest BCUT2D eigenvalue weighted by atomic mass is 9.79. The monoisotopic (exact) mass is 585 g/mol. The van der Waals surface area contributed by atoms with Crippen molar-refractivity contribution in [3.63, 3.8) is 0 Å². The van der Waals surface area contributed by atoms with Gasteiger partial charge in [0, 0.05) is 62.6 Å². The van der Waals surface area contributed by atoms with Crippen LogP contribution >= 0.6 is 0 Å². The normalized spacial score (nSPS) is 24.4. The van der Waals surface area contributed by atoms with Crippen LogP contribution in [0.5, 0.6) is 5.75 Å². The second-order valence-corrected chi connectivity index (χ2v) is 12.8. The van der Waals surface area contributed by atoms with Crippen molar-refractivity contribution in [3.8, 4) is 16.9 Å². The number of likely N-dealkylation sites (N-methyl/N-ethyl adjacent to an activating group) is 1. The highest BCUT2D eigenvalue weighted by Gasteiger charge is 2.46. The number of H-pyrrole nitrogens is 1. The second kappa shape index (κ2) is 11.1. The number of hydrogen-bond donors (Lipinski definition) is 2. The van der Waals surface area contributed by atoms with E-state index in [1.165, 1.54) is 0 Å². The van der Waals surface area contributed by atoms with E-state index in [9.17, 15) is 4.79 Å². The minimum atomic E-state index is -0.191. The van der Waals surface area contributed by atoms with Gasteiger partial charge in [-0.3, -0.25) is 19.7 Å². The average molecular weight is 586 g/mol. The summed E-state index contributed by atoms with van der Waals surface area (Å²) in [6.45, 7) is 15.9. The Labute approximate surface area is 252 Å². The predicted octanol–water partition coefficient (Wildman–Crippen LogP) is 3.42. The molecule has 2 bridgehead atoms. The fourth-order valence-electron chi connectivity index (χ4n) is 7.70. The first kappa shape index (κ1) is 28.1. The lowest BCUT2D eigenvalue weighted by molar-refractivity contribution is -0.136. The molecule has 4 aromatic rings. The number of piperazine rings is 1. The van der Waals surface area contributed by atoms with Crippen molar-refractivity contribution in [1.82, 2.24) is 39.9 Å². The van der Waals surface area contributed by atoms with Gasteiger partial charge >= 0.3 is 0 Å². The number of carbonyl (C=O) groups is 1. The number of pyridine rings is 2. The minimum Gasteiger partial charge on any atom is -0.492 e. The number of hydrogen-bond acceptors (Lipinski definition) is 8. The Balaban J connectivity index is 1.11. The molecule has 3 aliphatic heterocycles. The standard InChI is InChI=1S/C32H43N9O2/c1-5-39-14-13-38-19-26(39)28(21(3)4)31(42)35-32(20-38)9-11-40(12-10-32)27-8-7-22(16-33-27)24-15-23(43-6-2)18-41-29(24)25-17-34-36-30(25)37-41/h7-8,15-18,21,26,28H,5-6,9-14,19-20H2,1-4H3,(H,35,42)(H,36,37). The van der Waals surface area contributed by atoms with Gasteiger partial charge < -0.3 is 15.0 Å². The summed E-state index contributed by atoms with van der Waals surface area (Å²) in [6.07, 6.45) is 7.49. The van der Waals surface area contributed by atoms with E-state index in [-0.39, 0.29) is 17.4 Å². The van der Waals surface area contributed by atoms with Gasteiger partial charge in [0.05, 0.1) is 41.4 Å². The van der Waals surface area contributed by atoms with Gasteiger partial charge in [0.2, 0.25) is 5.91 Å². The Morgan fingerprint density at radius 2 is 1.95 bits per heavy atom. The Hall–Kier alpha value is -3.70. The molecule has 11 heteroatoms. The molecule has 228 valence electrons. The second-order valence-electron chi connectivity index (χ2n) is 12.8. The van der Waals surface area contributed by atoms with Crippen LogP contribution in [0.1, 0.15) is 40.5 Å². The molecule has 7 rings (SSSR count). The van der Waals surface area contributed by atoms with Crippen molar-refractivity contribution in [2.75, 3.05) is 57.3 Å². The Morgan fingerprint density at radius 1 is 1.12 bits per heavy atom.